The number of aromatic nitrogens is 2. The van der Waals surface area contributed by atoms with Crippen molar-refractivity contribution < 1.29 is 0 Å². The van der Waals surface area contributed by atoms with Gasteiger partial charge in [0.1, 0.15) is 0 Å². The lowest BCUT2D eigenvalue weighted by molar-refractivity contribution is 0.629. The summed E-state index contributed by atoms with van der Waals surface area (Å²) in [5.41, 5.74) is 11.9. The number of halogens is 1. The number of rotatable bonds is 4. The van der Waals surface area contributed by atoms with Gasteiger partial charge >= 0.3 is 0 Å². The summed E-state index contributed by atoms with van der Waals surface area (Å²) in [5.74, 6) is -0.0363. The summed E-state index contributed by atoms with van der Waals surface area (Å²) < 4.78 is 1.40. The zero-order chi connectivity index (χ0) is 13.7. The third-order valence-electron chi connectivity index (χ3n) is 2.60. The lowest BCUT2D eigenvalue weighted by Crippen LogP contribution is -2.27. The molecule has 0 atom stereocenters. The highest BCUT2D eigenvalue weighted by Gasteiger charge is 2.04. The molecular weight excluding hydrogens is 278 g/mol. The summed E-state index contributed by atoms with van der Waals surface area (Å²) in [7, 11) is 0. The molecule has 0 spiro atoms. The molecule has 20 heavy (non-hydrogen) atoms. The zero-order valence-electron chi connectivity index (χ0n) is 10.8. The van der Waals surface area contributed by atoms with Crippen molar-refractivity contribution in [1.82, 2.24) is 9.78 Å². The molecule has 106 valence electrons. The van der Waals surface area contributed by atoms with Gasteiger partial charge in [-0.25, -0.2) is 9.67 Å². The van der Waals surface area contributed by atoms with Gasteiger partial charge in [0.05, 0.1) is 13.1 Å². The van der Waals surface area contributed by atoms with Crippen LogP contribution in [0.4, 0.5) is 0 Å². The SMILES string of the molecule is Cl.NC(N)=NCc1ccnn(Cc2ccccc2)c1=O. The fourth-order valence-corrected chi connectivity index (χ4v) is 1.66. The van der Waals surface area contributed by atoms with Gasteiger partial charge in [-0.3, -0.25) is 4.79 Å². The second-order valence-electron chi connectivity index (χ2n) is 4.05. The van der Waals surface area contributed by atoms with E-state index in [1.807, 2.05) is 30.3 Å². The number of guanidine groups is 1. The van der Waals surface area contributed by atoms with Gasteiger partial charge < -0.3 is 11.5 Å². The third-order valence-corrected chi connectivity index (χ3v) is 2.60. The quantitative estimate of drug-likeness (QED) is 0.633. The summed E-state index contributed by atoms with van der Waals surface area (Å²) >= 11 is 0. The number of aliphatic imine (C=N–C) groups is 1. The molecule has 1 aromatic carbocycles. The predicted octanol–water partition coefficient (Wildman–Crippen LogP) is 0.487. The molecule has 4 N–H and O–H groups in total. The Labute approximate surface area is 122 Å². The summed E-state index contributed by atoms with van der Waals surface area (Å²) in [6.45, 7) is 0.591. The Morgan fingerprint density at radius 1 is 1.20 bits per heavy atom. The molecule has 2 aromatic rings. The van der Waals surface area contributed by atoms with Crippen LogP contribution in [0.1, 0.15) is 11.1 Å². The van der Waals surface area contributed by atoms with Crippen LogP contribution in [-0.4, -0.2) is 15.7 Å². The van der Waals surface area contributed by atoms with Crippen LogP contribution in [0.15, 0.2) is 52.4 Å². The van der Waals surface area contributed by atoms with Crippen molar-refractivity contribution in [1.29, 1.82) is 0 Å². The third kappa shape index (κ3) is 4.10. The van der Waals surface area contributed by atoms with Gasteiger partial charge in [-0.05, 0) is 11.6 Å². The lowest BCUT2D eigenvalue weighted by Gasteiger charge is -2.05. The first-order chi connectivity index (χ1) is 9.16. The minimum atomic E-state index is -0.184. The second kappa shape index (κ2) is 7.30. The fourth-order valence-electron chi connectivity index (χ4n) is 1.66. The van der Waals surface area contributed by atoms with Crippen molar-refractivity contribution in [2.45, 2.75) is 13.1 Å². The smallest absolute Gasteiger partial charge is 0.272 e. The first-order valence-corrected chi connectivity index (χ1v) is 5.81. The van der Waals surface area contributed by atoms with Crippen molar-refractivity contribution in [2.24, 2.45) is 16.5 Å². The molecule has 0 aliphatic rings. The molecule has 1 heterocycles. The predicted molar refractivity (Wildman–Crippen MR) is 80.8 cm³/mol. The Morgan fingerprint density at radius 3 is 2.55 bits per heavy atom. The van der Waals surface area contributed by atoms with E-state index in [1.165, 1.54) is 4.68 Å². The van der Waals surface area contributed by atoms with Crippen molar-refractivity contribution in [2.75, 3.05) is 0 Å². The molecule has 0 fully saturated rings. The molecule has 1 aromatic heterocycles. The molecule has 0 saturated carbocycles. The number of nitrogens with zero attached hydrogens (tertiary/aromatic N) is 3. The lowest BCUT2D eigenvalue weighted by atomic mass is 10.2. The molecule has 0 amide bonds. The van der Waals surface area contributed by atoms with Gasteiger partial charge in [-0.2, -0.15) is 5.10 Å². The van der Waals surface area contributed by atoms with Crippen molar-refractivity contribution in [3.63, 3.8) is 0 Å². The number of nitrogens with two attached hydrogens (primary N) is 2. The van der Waals surface area contributed by atoms with E-state index in [0.717, 1.165) is 5.56 Å². The molecule has 0 bridgehead atoms. The summed E-state index contributed by atoms with van der Waals surface area (Å²) in [6.07, 6.45) is 1.57. The normalized spacial score (nSPS) is 9.60. The van der Waals surface area contributed by atoms with Crippen LogP contribution in [0.2, 0.25) is 0 Å². The van der Waals surface area contributed by atoms with E-state index in [0.29, 0.717) is 12.1 Å². The van der Waals surface area contributed by atoms with Crippen LogP contribution in [-0.2, 0) is 13.1 Å². The van der Waals surface area contributed by atoms with E-state index >= 15 is 0 Å². The van der Waals surface area contributed by atoms with Gasteiger partial charge in [-0.1, -0.05) is 30.3 Å². The van der Waals surface area contributed by atoms with Gasteiger partial charge in [0, 0.05) is 11.8 Å². The van der Waals surface area contributed by atoms with Crippen molar-refractivity contribution >= 4 is 18.4 Å². The topological polar surface area (TPSA) is 99.3 Å². The van der Waals surface area contributed by atoms with Crippen molar-refractivity contribution in [3.8, 4) is 0 Å². The molecule has 6 nitrogen and oxygen atoms in total. The highest BCUT2D eigenvalue weighted by molar-refractivity contribution is 5.85. The Morgan fingerprint density at radius 2 is 1.90 bits per heavy atom. The largest absolute Gasteiger partial charge is 0.370 e. The van der Waals surface area contributed by atoms with E-state index in [4.69, 9.17) is 11.5 Å². The van der Waals surface area contributed by atoms with Crippen LogP contribution in [0.5, 0.6) is 0 Å². The Bertz CT molecular complexity index is 635. The van der Waals surface area contributed by atoms with Crippen molar-refractivity contribution in [3.05, 3.63) is 64.1 Å². The highest BCUT2D eigenvalue weighted by Crippen LogP contribution is 2.00. The van der Waals surface area contributed by atoms with Gasteiger partial charge in [0.2, 0.25) is 0 Å². The molecule has 0 aliphatic heterocycles. The number of hydrogen-bond acceptors (Lipinski definition) is 3. The van der Waals surface area contributed by atoms with E-state index in [1.54, 1.807) is 12.3 Å². The molecular formula is C13H16ClN5O. The van der Waals surface area contributed by atoms with Gasteiger partial charge in [0.25, 0.3) is 5.56 Å². The molecule has 0 saturated heterocycles. The van der Waals surface area contributed by atoms with Crippen LogP contribution >= 0.6 is 12.4 Å². The monoisotopic (exact) mass is 293 g/mol. The summed E-state index contributed by atoms with van der Waals surface area (Å²) in [4.78, 5) is 16.0. The average Bonchev–Trinajstić information content (AvgIpc) is 2.41. The van der Waals surface area contributed by atoms with Gasteiger partial charge in [0.15, 0.2) is 5.96 Å². The van der Waals surface area contributed by atoms with Crippen LogP contribution in [0, 0.1) is 0 Å². The first kappa shape index (κ1) is 15.7. The summed E-state index contributed by atoms with van der Waals surface area (Å²) in [5, 5.41) is 4.05. The number of hydrogen-bond donors (Lipinski definition) is 2. The minimum Gasteiger partial charge on any atom is -0.370 e. The van der Waals surface area contributed by atoms with Crippen LogP contribution in [0.25, 0.3) is 0 Å². The Kier molecular flexibility index (Phi) is 5.74. The molecule has 7 heteroatoms. The van der Waals surface area contributed by atoms with Crippen LogP contribution < -0.4 is 17.0 Å². The molecule has 2 rings (SSSR count). The maximum Gasteiger partial charge on any atom is 0.272 e. The summed E-state index contributed by atoms with van der Waals surface area (Å²) in [6, 6.07) is 11.3. The highest BCUT2D eigenvalue weighted by atomic mass is 35.5. The molecule has 0 unspecified atom stereocenters. The second-order valence-corrected chi connectivity index (χ2v) is 4.05. The number of benzene rings is 1. The minimum absolute atomic E-state index is 0. The zero-order valence-corrected chi connectivity index (χ0v) is 11.6. The standard InChI is InChI=1S/C13H15N5O.ClH/c14-13(15)16-8-11-6-7-17-18(12(11)19)9-10-4-2-1-3-5-10;/h1-7H,8-9H2,(H4,14,15,16);1H. The van der Waals surface area contributed by atoms with Crippen LogP contribution in [0.3, 0.4) is 0 Å². The van der Waals surface area contributed by atoms with E-state index < -0.39 is 0 Å². The Hall–Kier alpha value is -2.34. The molecule has 0 aliphatic carbocycles. The van der Waals surface area contributed by atoms with E-state index in [-0.39, 0.29) is 30.5 Å². The maximum atomic E-state index is 12.1. The molecule has 0 radical (unpaired) electrons. The average molecular weight is 294 g/mol. The fraction of sp³-hybridized carbons (Fsp3) is 0.154. The first-order valence-electron chi connectivity index (χ1n) is 5.81. The maximum absolute atomic E-state index is 12.1. The Balaban J connectivity index is 0.00000200. The van der Waals surface area contributed by atoms with E-state index in [9.17, 15) is 4.79 Å². The van der Waals surface area contributed by atoms with E-state index in [2.05, 4.69) is 10.1 Å². The van der Waals surface area contributed by atoms with Gasteiger partial charge in [-0.15, -0.1) is 12.4 Å².